The SMILES string of the molecule is CN1CCCn2c1cc(OCc1cc(F)c(Oc3ccc(C(F)(F)F)nc3)c(F)c1)nc2=O. The Kier molecular flexibility index (Phi) is 5.91. The zero-order valence-electron chi connectivity index (χ0n) is 17.2. The Bertz CT molecular complexity index is 1210. The number of alkyl halides is 3. The number of hydrogen-bond acceptors (Lipinski definition) is 6. The number of nitrogens with zero attached hydrogens (tertiary/aromatic N) is 4. The maximum Gasteiger partial charge on any atom is 0.433 e. The highest BCUT2D eigenvalue weighted by Gasteiger charge is 2.32. The molecule has 174 valence electrons. The molecule has 0 bridgehead atoms. The Morgan fingerprint density at radius 3 is 2.45 bits per heavy atom. The van der Waals surface area contributed by atoms with E-state index in [0.717, 1.165) is 37.4 Å². The third-order valence-electron chi connectivity index (χ3n) is 4.92. The molecule has 1 aliphatic rings. The number of rotatable bonds is 5. The molecule has 3 heterocycles. The number of anilines is 1. The Morgan fingerprint density at radius 2 is 1.82 bits per heavy atom. The van der Waals surface area contributed by atoms with Crippen molar-refractivity contribution in [2.24, 2.45) is 0 Å². The van der Waals surface area contributed by atoms with Crippen LogP contribution in [-0.4, -0.2) is 28.1 Å². The van der Waals surface area contributed by atoms with Crippen LogP contribution in [0.25, 0.3) is 0 Å². The van der Waals surface area contributed by atoms with E-state index in [4.69, 9.17) is 9.47 Å². The average Bonchev–Trinajstić information content (AvgIpc) is 2.75. The Morgan fingerprint density at radius 1 is 1.09 bits per heavy atom. The second kappa shape index (κ2) is 8.68. The van der Waals surface area contributed by atoms with Gasteiger partial charge in [-0.25, -0.2) is 18.6 Å². The second-order valence-corrected chi connectivity index (χ2v) is 7.32. The van der Waals surface area contributed by atoms with E-state index in [1.165, 1.54) is 4.57 Å². The van der Waals surface area contributed by atoms with Gasteiger partial charge in [0, 0.05) is 26.2 Å². The van der Waals surface area contributed by atoms with Gasteiger partial charge in [0.1, 0.15) is 23.9 Å². The van der Waals surface area contributed by atoms with Crippen LogP contribution in [0.2, 0.25) is 0 Å². The highest BCUT2D eigenvalue weighted by atomic mass is 19.4. The summed E-state index contributed by atoms with van der Waals surface area (Å²) in [5, 5.41) is 0. The summed E-state index contributed by atoms with van der Waals surface area (Å²) >= 11 is 0. The average molecular weight is 468 g/mol. The van der Waals surface area contributed by atoms with Crippen molar-refractivity contribution in [3.63, 3.8) is 0 Å². The summed E-state index contributed by atoms with van der Waals surface area (Å²) in [4.78, 5) is 21.1. The summed E-state index contributed by atoms with van der Waals surface area (Å²) in [6.07, 6.45) is -3.12. The molecule has 33 heavy (non-hydrogen) atoms. The number of pyridine rings is 1. The van der Waals surface area contributed by atoms with E-state index in [0.29, 0.717) is 18.4 Å². The van der Waals surface area contributed by atoms with E-state index in [1.807, 2.05) is 11.9 Å². The number of fused-ring (bicyclic) bond motifs is 1. The summed E-state index contributed by atoms with van der Waals surface area (Å²) < 4.78 is 78.6. The van der Waals surface area contributed by atoms with E-state index >= 15 is 0 Å². The molecule has 0 radical (unpaired) electrons. The summed E-state index contributed by atoms with van der Waals surface area (Å²) in [5.74, 6) is -2.61. The van der Waals surface area contributed by atoms with E-state index in [2.05, 4.69) is 9.97 Å². The summed E-state index contributed by atoms with van der Waals surface area (Å²) in [6, 6.07) is 5.02. The molecule has 0 unspecified atom stereocenters. The molecule has 0 spiro atoms. The number of hydrogen-bond donors (Lipinski definition) is 0. The molecule has 4 rings (SSSR count). The minimum atomic E-state index is -4.65. The highest BCUT2D eigenvalue weighted by molar-refractivity contribution is 5.43. The first-order valence-corrected chi connectivity index (χ1v) is 9.76. The first-order valence-electron chi connectivity index (χ1n) is 9.76. The lowest BCUT2D eigenvalue weighted by Gasteiger charge is -2.28. The van der Waals surface area contributed by atoms with Gasteiger partial charge < -0.3 is 14.4 Å². The van der Waals surface area contributed by atoms with Crippen LogP contribution in [-0.2, 0) is 19.3 Å². The first-order chi connectivity index (χ1) is 15.6. The second-order valence-electron chi connectivity index (χ2n) is 7.32. The minimum Gasteiger partial charge on any atom is -0.473 e. The van der Waals surface area contributed by atoms with Gasteiger partial charge in [-0.3, -0.25) is 4.57 Å². The monoisotopic (exact) mass is 468 g/mol. The highest BCUT2D eigenvalue weighted by Crippen LogP contribution is 2.32. The predicted molar refractivity (Wildman–Crippen MR) is 106 cm³/mol. The summed E-state index contributed by atoms with van der Waals surface area (Å²) in [5.41, 5.74) is -1.55. The van der Waals surface area contributed by atoms with Crippen LogP contribution < -0.4 is 20.1 Å². The van der Waals surface area contributed by atoms with E-state index in [1.54, 1.807) is 6.07 Å². The molecular weight excluding hydrogens is 451 g/mol. The standard InChI is InChI=1S/C21H17F5N4O3/c1-29-5-2-6-30-18(29)9-17(28-20(30)31)32-11-12-7-14(22)19(15(23)8-12)33-13-3-4-16(27-10-13)21(24,25)26/h3-4,7-10H,2,5-6,11H2,1H3. The number of halogens is 5. The molecule has 0 saturated carbocycles. The molecule has 0 saturated heterocycles. The molecule has 0 aliphatic carbocycles. The maximum absolute atomic E-state index is 14.4. The quantitative estimate of drug-likeness (QED) is 0.525. The smallest absolute Gasteiger partial charge is 0.433 e. The third-order valence-corrected chi connectivity index (χ3v) is 4.92. The van der Waals surface area contributed by atoms with Crippen molar-refractivity contribution in [3.8, 4) is 17.4 Å². The van der Waals surface area contributed by atoms with Crippen LogP contribution in [0.1, 0.15) is 17.7 Å². The maximum atomic E-state index is 14.4. The third kappa shape index (κ3) is 4.89. The van der Waals surface area contributed by atoms with Crippen molar-refractivity contribution in [1.29, 1.82) is 0 Å². The fourth-order valence-corrected chi connectivity index (χ4v) is 3.33. The molecule has 7 nitrogen and oxygen atoms in total. The van der Waals surface area contributed by atoms with Gasteiger partial charge in [-0.1, -0.05) is 0 Å². The van der Waals surface area contributed by atoms with Crippen molar-refractivity contribution in [2.45, 2.75) is 25.7 Å². The number of aromatic nitrogens is 3. The number of ether oxygens (including phenoxy) is 2. The van der Waals surface area contributed by atoms with Gasteiger partial charge in [0.25, 0.3) is 0 Å². The van der Waals surface area contributed by atoms with Crippen molar-refractivity contribution in [2.75, 3.05) is 18.5 Å². The number of benzene rings is 1. The molecule has 0 fully saturated rings. The molecule has 0 N–H and O–H groups in total. The molecule has 0 atom stereocenters. The lowest BCUT2D eigenvalue weighted by molar-refractivity contribution is -0.141. The molecule has 0 amide bonds. The normalized spacial score (nSPS) is 13.6. The molecule has 1 aromatic carbocycles. The van der Waals surface area contributed by atoms with Gasteiger partial charge in [-0.2, -0.15) is 18.2 Å². The Balaban J connectivity index is 1.48. The van der Waals surface area contributed by atoms with Crippen molar-refractivity contribution < 1.29 is 31.4 Å². The first kappa shape index (κ1) is 22.5. The van der Waals surface area contributed by atoms with Crippen LogP contribution in [0.5, 0.6) is 17.4 Å². The molecular formula is C21H17F5N4O3. The topological polar surface area (TPSA) is 69.5 Å². The van der Waals surface area contributed by atoms with Crippen LogP contribution >= 0.6 is 0 Å². The largest absolute Gasteiger partial charge is 0.473 e. The van der Waals surface area contributed by atoms with Crippen LogP contribution in [0, 0.1) is 11.6 Å². The van der Waals surface area contributed by atoms with Gasteiger partial charge in [0.15, 0.2) is 17.4 Å². The van der Waals surface area contributed by atoms with Crippen molar-refractivity contribution in [3.05, 3.63) is 69.9 Å². The fourth-order valence-electron chi connectivity index (χ4n) is 3.33. The van der Waals surface area contributed by atoms with Gasteiger partial charge in [-0.15, -0.1) is 0 Å². The molecule has 12 heteroatoms. The zero-order chi connectivity index (χ0) is 23.8. The lowest BCUT2D eigenvalue weighted by atomic mass is 10.2. The van der Waals surface area contributed by atoms with Gasteiger partial charge in [-0.05, 0) is 36.2 Å². The van der Waals surface area contributed by atoms with Gasteiger partial charge in [0.2, 0.25) is 5.88 Å². The van der Waals surface area contributed by atoms with Crippen LogP contribution in [0.3, 0.4) is 0 Å². The van der Waals surface area contributed by atoms with E-state index < -0.39 is 34.9 Å². The van der Waals surface area contributed by atoms with Crippen LogP contribution in [0.15, 0.2) is 41.3 Å². The minimum absolute atomic E-state index is 0.0111. The molecule has 3 aromatic rings. The summed E-state index contributed by atoms with van der Waals surface area (Å²) in [6.45, 7) is 1.02. The van der Waals surface area contributed by atoms with Crippen LogP contribution in [0.4, 0.5) is 27.8 Å². The fraction of sp³-hybridized carbons (Fsp3) is 0.286. The van der Waals surface area contributed by atoms with Gasteiger partial charge >= 0.3 is 11.9 Å². The predicted octanol–water partition coefficient (Wildman–Crippen LogP) is 4.15. The van der Waals surface area contributed by atoms with Gasteiger partial charge in [0.05, 0.1) is 6.20 Å². The lowest BCUT2D eigenvalue weighted by Crippen LogP contribution is -2.36. The zero-order valence-corrected chi connectivity index (χ0v) is 17.2. The molecule has 1 aliphatic heterocycles. The summed E-state index contributed by atoms with van der Waals surface area (Å²) in [7, 11) is 1.82. The Labute approximate surface area is 184 Å². The van der Waals surface area contributed by atoms with E-state index in [-0.39, 0.29) is 23.8 Å². The Hall–Kier alpha value is -3.70. The van der Waals surface area contributed by atoms with E-state index in [9.17, 15) is 26.7 Å². The van der Waals surface area contributed by atoms with Crippen molar-refractivity contribution >= 4 is 5.82 Å². The van der Waals surface area contributed by atoms with Crippen molar-refractivity contribution in [1.82, 2.24) is 14.5 Å². The molecule has 2 aromatic heterocycles.